The molecule has 2 unspecified atom stereocenters. The number of aliphatic hydroxyl groups excluding tert-OH is 1. The van der Waals surface area contributed by atoms with Crippen LogP contribution < -0.4 is 5.32 Å². The molecule has 0 saturated heterocycles. The van der Waals surface area contributed by atoms with Crippen LogP contribution in [0.1, 0.15) is 43.2 Å². The normalized spacial score (nSPS) is 21.9. The van der Waals surface area contributed by atoms with E-state index in [1.165, 1.54) is 11.1 Å². The molecule has 2 rings (SSSR count). The van der Waals surface area contributed by atoms with Gasteiger partial charge in [0.2, 0.25) is 5.91 Å². The van der Waals surface area contributed by atoms with E-state index in [9.17, 15) is 9.90 Å². The maximum absolute atomic E-state index is 11.8. The highest BCUT2D eigenvalue weighted by Gasteiger charge is 2.25. The quantitative estimate of drug-likeness (QED) is 0.838. The van der Waals surface area contributed by atoms with Crippen molar-refractivity contribution < 1.29 is 9.90 Å². The van der Waals surface area contributed by atoms with E-state index in [4.69, 9.17) is 0 Å². The summed E-state index contributed by atoms with van der Waals surface area (Å²) in [6, 6.07) is 8.47. The summed E-state index contributed by atoms with van der Waals surface area (Å²) in [5.41, 5.74) is 2.55. The molecule has 0 aliphatic heterocycles. The Morgan fingerprint density at radius 2 is 2.05 bits per heavy atom. The van der Waals surface area contributed by atoms with Gasteiger partial charge in [0.25, 0.3) is 0 Å². The lowest BCUT2D eigenvalue weighted by molar-refractivity contribution is -0.121. The van der Waals surface area contributed by atoms with Gasteiger partial charge >= 0.3 is 0 Å². The number of hydrogen-bond donors (Lipinski definition) is 2. The van der Waals surface area contributed by atoms with Crippen LogP contribution in [0.15, 0.2) is 24.3 Å². The minimum absolute atomic E-state index is 0.108. The Morgan fingerprint density at radius 1 is 1.30 bits per heavy atom. The Bertz CT molecular complexity index is 427. The summed E-state index contributed by atoms with van der Waals surface area (Å²) in [6.45, 7) is 2.71. The summed E-state index contributed by atoms with van der Waals surface area (Å²) in [4.78, 5) is 11.8. The second-order valence-corrected chi connectivity index (χ2v) is 5.90. The maximum Gasteiger partial charge on any atom is 0.220 e. The van der Waals surface area contributed by atoms with Crippen molar-refractivity contribution in [2.45, 2.75) is 51.6 Å². The van der Waals surface area contributed by atoms with Crippen molar-refractivity contribution in [3.05, 3.63) is 35.4 Å². The average Bonchev–Trinajstić information content (AvgIpc) is 2.84. The van der Waals surface area contributed by atoms with E-state index < -0.39 is 0 Å². The minimum Gasteiger partial charge on any atom is -0.393 e. The van der Waals surface area contributed by atoms with Gasteiger partial charge < -0.3 is 10.4 Å². The number of aryl methyl sites for hydroxylation is 2. The lowest BCUT2D eigenvalue weighted by Gasteiger charge is -2.15. The molecule has 20 heavy (non-hydrogen) atoms. The number of amides is 1. The Kier molecular flexibility index (Phi) is 5.60. The zero-order valence-corrected chi connectivity index (χ0v) is 12.3. The van der Waals surface area contributed by atoms with Gasteiger partial charge in [-0.3, -0.25) is 4.79 Å². The van der Waals surface area contributed by atoms with Crippen molar-refractivity contribution in [1.82, 2.24) is 5.32 Å². The van der Waals surface area contributed by atoms with Crippen molar-refractivity contribution in [2.75, 3.05) is 6.54 Å². The molecule has 0 radical (unpaired) electrons. The zero-order chi connectivity index (χ0) is 14.4. The molecule has 3 nitrogen and oxygen atoms in total. The topological polar surface area (TPSA) is 49.3 Å². The fourth-order valence-corrected chi connectivity index (χ4v) is 2.80. The highest BCUT2D eigenvalue weighted by molar-refractivity contribution is 5.75. The fourth-order valence-electron chi connectivity index (χ4n) is 2.80. The molecule has 2 atom stereocenters. The number of benzene rings is 1. The Labute approximate surface area is 121 Å². The van der Waals surface area contributed by atoms with E-state index in [2.05, 4.69) is 36.5 Å². The Balaban J connectivity index is 1.61. The molecule has 1 aliphatic carbocycles. The summed E-state index contributed by atoms with van der Waals surface area (Å²) >= 11 is 0. The van der Waals surface area contributed by atoms with Crippen LogP contribution in [0.5, 0.6) is 0 Å². The van der Waals surface area contributed by atoms with Gasteiger partial charge in [-0.05, 0) is 38.2 Å². The summed E-state index contributed by atoms with van der Waals surface area (Å²) in [7, 11) is 0. The van der Waals surface area contributed by atoms with Crippen LogP contribution in [0.3, 0.4) is 0 Å². The van der Waals surface area contributed by atoms with Gasteiger partial charge in [-0.1, -0.05) is 36.2 Å². The molecule has 1 fully saturated rings. The van der Waals surface area contributed by atoms with E-state index in [1.54, 1.807) is 0 Å². The van der Waals surface area contributed by atoms with E-state index in [0.717, 1.165) is 32.1 Å². The molecule has 0 bridgehead atoms. The smallest absolute Gasteiger partial charge is 0.220 e. The molecular weight excluding hydrogens is 250 g/mol. The van der Waals surface area contributed by atoms with E-state index in [1.807, 2.05) is 0 Å². The summed E-state index contributed by atoms with van der Waals surface area (Å²) < 4.78 is 0. The minimum atomic E-state index is -0.220. The average molecular weight is 275 g/mol. The SMILES string of the molecule is Cc1ccc(CCCC(=O)NCC2CCCC2O)cc1. The largest absolute Gasteiger partial charge is 0.393 e. The molecule has 3 heteroatoms. The van der Waals surface area contributed by atoms with Gasteiger partial charge in [-0.2, -0.15) is 0 Å². The Morgan fingerprint density at radius 3 is 2.70 bits per heavy atom. The number of nitrogens with one attached hydrogen (secondary N) is 1. The second-order valence-electron chi connectivity index (χ2n) is 5.90. The van der Waals surface area contributed by atoms with E-state index in [0.29, 0.717) is 13.0 Å². The highest BCUT2D eigenvalue weighted by atomic mass is 16.3. The first-order chi connectivity index (χ1) is 9.65. The van der Waals surface area contributed by atoms with Crippen molar-refractivity contribution in [3.8, 4) is 0 Å². The van der Waals surface area contributed by atoms with Gasteiger partial charge in [-0.25, -0.2) is 0 Å². The molecular formula is C17H25NO2. The number of aliphatic hydroxyl groups is 1. The van der Waals surface area contributed by atoms with Gasteiger partial charge in [0, 0.05) is 18.9 Å². The summed E-state index contributed by atoms with van der Waals surface area (Å²) in [6.07, 6.45) is 5.16. The van der Waals surface area contributed by atoms with Crippen LogP contribution in [-0.4, -0.2) is 23.7 Å². The van der Waals surface area contributed by atoms with Crippen LogP contribution >= 0.6 is 0 Å². The van der Waals surface area contributed by atoms with Gasteiger partial charge in [0.1, 0.15) is 0 Å². The third kappa shape index (κ3) is 4.64. The molecule has 1 aromatic carbocycles. The van der Waals surface area contributed by atoms with E-state index in [-0.39, 0.29) is 17.9 Å². The standard InChI is InChI=1S/C17H25NO2/c1-13-8-10-14(11-9-13)4-2-7-17(20)18-12-15-5-3-6-16(15)19/h8-11,15-16,19H,2-7,12H2,1H3,(H,18,20). The summed E-state index contributed by atoms with van der Waals surface area (Å²) in [5.74, 6) is 0.368. The molecule has 0 heterocycles. The summed E-state index contributed by atoms with van der Waals surface area (Å²) in [5, 5.41) is 12.6. The van der Waals surface area contributed by atoms with Crippen molar-refractivity contribution in [2.24, 2.45) is 5.92 Å². The first kappa shape index (κ1) is 15.0. The van der Waals surface area contributed by atoms with Crippen molar-refractivity contribution >= 4 is 5.91 Å². The molecule has 0 aromatic heterocycles. The molecule has 1 amide bonds. The third-order valence-corrected chi connectivity index (χ3v) is 4.17. The van der Waals surface area contributed by atoms with Crippen LogP contribution in [-0.2, 0) is 11.2 Å². The van der Waals surface area contributed by atoms with Crippen LogP contribution in [0.25, 0.3) is 0 Å². The third-order valence-electron chi connectivity index (χ3n) is 4.17. The lowest BCUT2D eigenvalue weighted by Crippen LogP contribution is -2.32. The predicted octanol–water partition coefficient (Wildman–Crippen LogP) is 2.59. The molecule has 0 spiro atoms. The Hall–Kier alpha value is -1.35. The van der Waals surface area contributed by atoms with Gasteiger partial charge in [0.15, 0.2) is 0 Å². The number of hydrogen-bond acceptors (Lipinski definition) is 2. The molecule has 110 valence electrons. The molecule has 1 aliphatic rings. The number of carbonyl (C=O) groups is 1. The first-order valence-corrected chi connectivity index (χ1v) is 7.65. The fraction of sp³-hybridized carbons (Fsp3) is 0.588. The zero-order valence-electron chi connectivity index (χ0n) is 12.3. The second kappa shape index (κ2) is 7.44. The molecule has 1 aromatic rings. The number of rotatable bonds is 6. The van der Waals surface area contributed by atoms with Crippen LogP contribution in [0, 0.1) is 12.8 Å². The first-order valence-electron chi connectivity index (χ1n) is 7.65. The maximum atomic E-state index is 11.8. The van der Waals surface area contributed by atoms with Crippen molar-refractivity contribution in [3.63, 3.8) is 0 Å². The van der Waals surface area contributed by atoms with Gasteiger partial charge in [-0.15, -0.1) is 0 Å². The van der Waals surface area contributed by atoms with Crippen molar-refractivity contribution in [1.29, 1.82) is 0 Å². The lowest BCUT2D eigenvalue weighted by atomic mass is 10.1. The van der Waals surface area contributed by atoms with Crippen LogP contribution in [0.2, 0.25) is 0 Å². The highest BCUT2D eigenvalue weighted by Crippen LogP contribution is 2.24. The van der Waals surface area contributed by atoms with E-state index >= 15 is 0 Å². The molecule has 1 saturated carbocycles. The predicted molar refractivity (Wildman–Crippen MR) is 80.5 cm³/mol. The van der Waals surface area contributed by atoms with Crippen LogP contribution in [0.4, 0.5) is 0 Å². The monoisotopic (exact) mass is 275 g/mol. The number of carbonyl (C=O) groups excluding carboxylic acids is 1. The molecule has 2 N–H and O–H groups in total. The van der Waals surface area contributed by atoms with Gasteiger partial charge in [0.05, 0.1) is 6.10 Å².